The maximum Gasteiger partial charge on any atom is 0.227 e. The molecule has 1 aliphatic heterocycles. The minimum absolute atomic E-state index is 0.148. The summed E-state index contributed by atoms with van der Waals surface area (Å²) >= 11 is 0. The second-order valence-electron chi connectivity index (χ2n) is 3.60. The van der Waals surface area contributed by atoms with E-state index in [9.17, 15) is 4.79 Å². The largest absolute Gasteiger partial charge is 0.339 e. The van der Waals surface area contributed by atoms with E-state index in [1.54, 1.807) is 6.92 Å². The average molecular weight is 195 g/mol. The smallest absolute Gasteiger partial charge is 0.227 e. The van der Waals surface area contributed by atoms with Crippen molar-refractivity contribution in [3.63, 3.8) is 0 Å². The van der Waals surface area contributed by atoms with Gasteiger partial charge in [-0.3, -0.25) is 0 Å². The maximum absolute atomic E-state index is 10.7. The summed E-state index contributed by atoms with van der Waals surface area (Å²) in [4.78, 5) is 15.0. The van der Waals surface area contributed by atoms with E-state index in [-0.39, 0.29) is 5.78 Å². The van der Waals surface area contributed by atoms with Gasteiger partial charge in [-0.2, -0.15) is 4.98 Å². The molecule has 2 heterocycles. The Morgan fingerprint density at radius 2 is 2.43 bits per heavy atom. The Bertz CT molecular complexity index is 331. The summed E-state index contributed by atoms with van der Waals surface area (Å²) in [5.74, 6) is 1.88. The molecule has 1 fully saturated rings. The highest BCUT2D eigenvalue weighted by atomic mass is 16.5. The number of aromatic nitrogens is 2. The van der Waals surface area contributed by atoms with Crippen molar-refractivity contribution in [1.29, 1.82) is 0 Å². The van der Waals surface area contributed by atoms with Crippen molar-refractivity contribution in [2.75, 3.05) is 13.1 Å². The van der Waals surface area contributed by atoms with Crippen molar-refractivity contribution >= 4 is 5.78 Å². The molecule has 0 saturated carbocycles. The molecule has 1 aromatic heterocycles. The molecule has 0 amide bonds. The lowest BCUT2D eigenvalue weighted by Gasteiger charge is -2.23. The number of nitrogens with one attached hydrogen (secondary N) is 1. The summed E-state index contributed by atoms with van der Waals surface area (Å²) in [5.41, 5.74) is 0. The van der Waals surface area contributed by atoms with Gasteiger partial charge in [-0.25, -0.2) is 0 Å². The number of Topliss-reactive ketones (excluding diaryl/α,β-unsaturated/α-hetero) is 1. The molecule has 5 nitrogen and oxygen atoms in total. The van der Waals surface area contributed by atoms with Gasteiger partial charge in [0.25, 0.3) is 0 Å². The third-order valence-corrected chi connectivity index (χ3v) is 2.32. The topological polar surface area (TPSA) is 68.0 Å². The predicted molar refractivity (Wildman–Crippen MR) is 48.9 cm³/mol. The average Bonchev–Trinajstić information content (AvgIpc) is 2.46. The summed E-state index contributed by atoms with van der Waals surface area (Å²) in [7, 11) is 0. The number of nitrogens with zero attached hydrogens (tertiary/aromatic N) is 2. The second-order valence-corrected chi connectivity index (χ2v) is 3.60. The van der Waals surface area contributed by atoms with Crippen LogP contribution >= 0.6 is 0 Å². The summed E-state index contributed by atoms with van der Waals surface area (Å²) in [6.45, 7) is 3.41. The van der Waals surface area contributed by atoms with E-state index >= 15 is 0 Å². The van der Waals surface area contributed by atoms with Crippen LogP contribution in [0, 0.1) is 0 Å². The van der Waals surface area contributed by atoms with Crippen LogP contribution in [0.1, 0.15) is 31.0 Å². The Morgan fingerprint density at radius 1 is 1.64 bits per heavy atom. The van der Waals surface area contributed by atoms with Crippen LogP contribution in [-0.4, -0.2) is 29.0 Å². The van der Waals surface area contributed by atoms with Crippen LogP contribution in [0.2, 0.25) is 0 Å². The molecular formula is C9H13N3O2. The number of ketones is 1. The highest BCUT2D eigenvalue weighted by Crippen LogP contribution is 2.16. The number of rotatable bonds is 4. The van der Waals surface area contributed by atoms with E-state index in [1.807, 2.05) is 0 Å². The van der Waals surface area contributed by atoms with E-state index in [0.717, 1.165) is 18.9 Å². The lowest BCUT2D eigenvalue weighted by Crippen LogP contribution is -2.40. The van der Waals surface area contributed by atoms with Gasteiger partial charge in [-0.1, -0.05) is 5.16 Å². The molecule has 1 aromatic rings. The van der Waals surface area contributed by atoms with E-state index in [0.29, 0.717) is 24.7 Å². The van der Waals surface area contributed by atoms with Gasteiger partial charge in [0.05, 0.1) is 0 Å². The van der Waals surface area contributed by atoms with Gasteiger partial charge in [0.1, 0.15) is 5.78 Å². The van der Waals surface area contributed by atoms with Crippen LogP contribution in [-0.2, 0) is 11.2 Å². The van der Waals surface area contributed by atoms with Gasteiger partial charge in [-0.15, -0.1) is 0 Å². The molecule has 2 rings (SSSR count). The molecule has 0 unspecified atom stereocenters. The maximum atomic E-state index is 10.7. The molecule has 0 bridgehead atoms. The van der Waals surface area contributed by atoms with Crippen molar-refractivity contribution < 1.29 is 9.32 Å². The Labute approximate surface area is 81.9 Å². The highest BCUT2D eigenvalue weighted by Gasteiger charge is 2.24. The lowest BCUT2D eigenvalue weighted by atomic mass is 10.0. The molecule has 0 spiro atoms. The van der Waals surface area contributed by atoms with Crippen molar-refractivity contribution in [2.45, 2.75) is 25.7 Å². The third-order valence-electron chi connectivity index (χ3n) is 2.32. The van der Waals surface area contributed by atoms with Crippen LogP contribution in [0.3, 0.4) is 0 Å². The molecule has 0 atom stereocenters. The minimum atomic E-state index is 0.148. The number of hydrogen-bond acceptors (Lipinski definition) is 5. The molecule has 1 saturated heterocycles. The first-order valence-electron chi connectivity index (χ1n) is 4.78. The predicted octanol–water partition coefficient (Wildman–Crippen LogP) is 0.278. The monoisotopic (exact) mass is 195 g/mol. The molecule has 5 heteroatoms. The molecular weight excluding hydrogens is 182 g/mol. The van der Waals surface area contributed by atoms with Gasteiger partial charge in [-0.05, 0) is 6.92 Å². The Kier molecular flexibility index (Phi) is 2.58. The van der Waals surface area contributed by atoms with Gasteiger partial charge >= 0.3 is 0 Å². The number of carbonyl (C=O) groups is 1. The normalized spacial score (nSPS) is 16.6. The second kappa shape index (κ2) is 3.88. The lowest BCUT2D eigenvalue weighted by molar-refractivity contribution is -0.117. The molecule has 14 heavy (non-hydrogen) atoms. The standard InChI is InChI=1S/C9H13N3O2/c1-6(13)2-3-8-11-9(12-14-8)7-4-10-5-7/h7,10H,2-5H2,1H3. The van der Waals surface area contributed by atoms with Gasteiger partial charge in [0.2, 0.25) is 5.89 Å². The Balaban J connectivity index is 1.92. The van der Waals surface area contributed by atoms with Crippen molar-refractivity contribution in [3.8, 4) is 0 Å². The first-order valence-corrected chi connectivity index (χ1v) is 4.78. The SMILES string of the molecule is CC(=O)CCc1nc(C2CNC2)no1. The zero-order valence-electron chi connectivity index (χ0n) is 8.12. The molecule has 1 N–H and O–H groups in total. The quantitative estimate of drug-likeness (QED) is 0.747. The van der Waals surface area contributed by atoms with Crippen LogP contribution in [0.25, 0.3) is 0 Å². The van der Waals surface area contributed by atoms with E-state index < -0.39 is 0 Å². The van der Waals surface area contributed by atoms with Crippen molar-refractivity contribution in [2.24, 2.45) is 0 Å². The fourth-order valence-electron chi connectivity index (χ4n) is 1.29. The summed E-state index contributed by atoms with van der Waals surface area (Å²) in [6, 6.07) is 0. The van der Waals surface area contributed by atoms with Gasteiger partial charge in [0.15, 0.2) is 5.82 Å². The first-order chi connectivity index (χ1) is 6.75. The zero-order valence-corrected chi connectivity index (χ0v) is 8.12. The van der Waals surface area contributed by atoms with Crippen molar-refractivity contribution in [3.05, 3.63) is 11.7 Å². The van der Waals surface area contributed by atoms with Crippen LogP contribution < -0.4 is 5.32 Å². The summed E-state index contributed by atoms with van der Waals surface area (Å²) in [5, 5.41) is 7.02. The van der Waals surface area contributed by atoms with Crippen LogP contribution in [0.4, 0.5) is 0 Å². The molecule has 0 radical (unpaired) electrons. The Morgan fingerprint density at radius 3 is 3.00 bits per heavy atom. The Hall–Kier alpha value is -1.23. The van der Waals surface area contributed by atoms with E-state index in [4.69, 9.17) is 4.52 Å². The molecule has 0 aliphatic carbocycles. The number of aryl methyl sites for hydroxylation is 1. The van der Waals surface area contributed by atoms with Gasteiger partial charge in [0, 0.05) is 31.8 Å². The van der Waals surface area contributed by atoms with Crippen LogP contribution in [0.5, 0.6) is 0 Å². The molecule has 1 aliphatic rings. The van der Waals surface area contributed by atoms with E-state index in [1.165, 1.54) is 0 Å². The molecule has 76 valence electrons. The number of hydrogen-bond donors (Lipinski definition) is 1. The summed E-state index contributed by atoms with van der Waals surface area (Å²) in [6.07, 6.45) is 1.03. The first kappa shape index (κ1) is 9.33. The highest BCUT2D eigenvalue weighted by molar-refractivity contribution is 5.75. The minimum Gasteiger partial charge on any atom is -0.339 e. The van der Waals surface area contributed by atoms with E-state index in [2.05, 4.69) is 15.5 Å². The third kappa shape index (κ3) is 1.98. The summed E-state index contributed by atoms with van der Waals surface area (Å²) < 4.78 is 5.03. The fraction of sp³-hybridized carbons (Fsp3) is 0.667. The fourth-order valence-corrected chi connectivity index (χ4v) is 1.29. The van der Waals surface area contributed by atoms with Gasteiger partial charge < -0.3 is 14.6 Å². The molecule has 0 aromatic carbocycles. The van der Waals surface area contributed by atoms with Crippen LogP contribution in [0.15, 0.2) is 4.52 Å². The number of carbonyl (C=O) groups excluding carboxylic acids is 1. The zero-order chi connectivity index (χ0) is 9.97. The van der Waals surface area contributed by atoms with Crippen molar-refractivity contribution in [1.82, 2.24) is 15.5 Å².